The maximum absolute atomic E-state index is 12.4. The summed E-state index contributed by atoms with van der Waals surface area (Å²) in [5.74, 6) is -0.0293. The molecule has 21 heavy (non-hydrogen) atoms. The third-order valence-electron chi connectivity index (χ3n) is 3.70. The van der Waals surface area contributed by atoms with Crippen molar-refractivity contribution < 1.29 is 9.53 Å². The molecule has 5 heteroatoms. The maximum Gasteiger partial charge on any atom is 0.272 e. The van der Waals surface area contributed by atoms with Crippen molar-refractivity contribution in [1.29, 1.82) is 0 Å². The predicted octanol–water partition coefficient (Wildman–Crippen LogP) is 1.82. The van der Waals surface area contributed by atoms with Crippen LogP contribution in [0.15, 0.2) is 36.8 Å². The molecule has 1 aliphatic heterocycles. The van der Waals surface area contributed by atoms with Crippen LogP contribution >= 0.6 is 0 Å². The lowest BCUT2D eigenvalue weighted by Gasteiger charge is -2.29. The summed E-state index contributed by atoms with van der Waals surface area (Å²) in [6.07, 6.45) is 6.16. The lowest BCUT2D eigenvalue weighted by atomic mass is 9.97. The maximum atomic E-state index is 12.4. The van der Waals surface area contributed by atoms with Gasteiger partial charge in [-0.2, -0.15) is 0 Å². The molecule has 0 fully saturated rings. The largest absolute Gasteiger partial charge is 0.380 e. The number of amides is 1. The van der Waals surface area contributed by atoms with Gasteiger partial charge in [-0.05, 0) is 35.2 Å². The first-order valence-electron chi connectivity index (χ1n) is 6.93. The minimum absolute atomic E-state index is 0.0293. The van der Waals surface area contributed by atoms with Gasteiger partial charge in [0.2, 0.25) is 0 Å². The van der Waals surface area contributed by atoms with E-state index in [0.29, 0.717) is 25.4 Å². The Hall–Kier alpha value is -2.27. The average Bonchev–Trinajstić information content (AvgIpc) is 2.55. The van der Waals surface area contributed by atoms with Crippen molar-refractivity contribution >= 4 is 5.91 Å². The van der Waals surface area contributed by atoms with Crippen LogP contribution in [0.1, 0.15) is 27.2 Å². The van der Waals surface area contributed by atoms with Crippen molar-refractivity contribution in [2.75, 3.05) is 13.7 Å². The molecule has 0 unspecified atom stereocenters. The van der Waals surface area contributed by atoms with Crippen LogP contribution in [0.3, 0.4) is 0 Å². The summed E-state index contributed by atoms with van der Waals surface area (Å²) in [7, 11) is 1.68. The number of aromatic nitrogens is 2. The molecule has 0 aliphatic carbocycles. The smallest absolute Gasteiger partial charge is 0.272 e. The van der Waals surface area contributed by atoms with E-state index in [1.807, 2.05) is 29.4 Å². The first-order valence-corrected chi connectivity index (χ1v) is 6.93. The highest BCUT2D eigenvalue weighted by Gasteiger charge is 2.24. The number of methoxy groups -OCH3 is 1. The zero-order valence-corrected chi connectivity index (χ0v) is 12.0. The van der Waals surface area contributed by atoms with E-state index in [2.05, 4.69) is 9.97 Å². The van der Waals surface area contributed by atoms with Gasteiger partial charge in [0, 0.05) is 38.8 Å². The Morgan fingerprint density at radius 2 is 2.29 bits per heavy atom. The highest BCUT2D eigenvalue weighted by atomic mass is 16.5. The molecule has 1 amide bonds. The van der Waals surface area contributed by atoms with Crippen LogP contribution in [0.5, 0.6) is 0 Å². The van der Waals surface area contributed by atoms with Crippen molar-refractivity contribution in [3.63, 3.8) is 0 Å². The molecule has 108 valence electrons. The van der Waals surface area contributed by atoms with Crippen LogP contribution in [0, 0.1) is 0 Å². The summed E-state index contributed by atoms with van der Waals surface area (Å²) in [6, 6.07) is 5.39. The average molecular weight is 283 g/mol. The fraction of sp³-hybridized carbons (Fsp3) is 0.312. The Kier molecular flexibility index (Phi) is 3.92. The normalized spacial score (nSPS) is 13.9. The lowest BCUT2D eigenvalue weighted by Crippen LogP contribution is -2.36. The number of hydrogen-bond acceptors (Lipinski definition) is 4. The van der Waals surface area contributed by atoms with E-state index < -0.39 is 0 Å². The Labute approximate surface area is 123 Å². The number of carbonyl (C=O) groups excluding carboxylic acids is 1. The predicted molar refractivity (Wildman–Crippen MR) is 77.6 cm³/mol. The van der Waals surface area contributed by atoms with E-state index in [0.717, 1.165) is 17.5 Å². The highest BCUT2D eigenvalue weighted by Crippen LogP contribution is 2.23. The molecule has 1 aliphatic rings. The Balaban J connectivity index is 1.82. The fourth-order valence-electron chi connectivity index (χ4n) is 2.67. The van der Waals surface area contributed by atoms with Crippen molar-refractivity contribution in [3.05, 3.63) is 59.2 Å². The van der Waals surface area contributed by atoms with Gasteiger partial charge in [-0.1, -0.05) is 6.07 Å². The molecule has 0 atom stereocenters. The summed E-state index contributed by atoms with van der Waals surface area (Å²) in [5, 5.41) is 0. The second-order valence-electron chi connectivity index (χ2n) is 5.06. The van der Waals surface area contributed by atoms with Crippen LogP contribution < -0.4 is 0 Å². The minimum Gasteiger partial charge on any atom is -0.380 e. The molecule has 0 radical (unpaired) electrons. The standard InChI is InChI=1S/C16H17N3O2/c1-21-11-13-9-17-8-12-10-19(7-5-14(12)13)16(20)15-4-2-3-6-18-15/h2-4,6,8-9H,5,7,10-11H2,1H3. The van der Waals surface area contributed by atoms with Crippen LogP contribution in [0.4, 0.5) is 0 Å². The minimum atomic E-state index is -0.0293. The molecule has 0 N–H and O–H groups in total. The number of carbonyl (C=O) groups is 1. The second-order valence-corrected chi connectivity index (χ2v) is 5.06. The molecule has 2 aromatic rings. The Morgan fingerprint density at radius 1 is 1.38 bits per heavy atom. The van der Waals surface area contributed by atoms with E-state index in [4.69, 9.17) is 4.74 Å². The summed E-state index contributed by atoms with van der Waals surface area (Å²) < 4.78 is 5.21. The zero-order valence-electron chi connectivity index (χ0n) is 12.0. The molecule has 0 spiro atoms. The molecule has 0 bridgehead atoms. The third kappa shape index (κ3) is 2.78. The molecule has 3 heterocycles. The second kappa shape index (κ2) is 6.01. The molecular weight excluding hydrogens is 266 g/mol. The Morgan fingerprint density at radius 3 is 3.05 bits per heavy atom. The van der Waals surface area contributed by atoms with E-state index in [1.54, 1.807) is 19.4 Å². The van der Waals surface area contributed by atoms with E-state index >= 15 is 0 Å². The highest BCUT2D eigenvalue weighted by molar-refractivity contribution is 5.92. The first kappa shape index (κ1) is 13.7. The fourth-order valence-corrected chi connectivity index (χ4v) is 2.67. The quantitative estimate of drug-likeness (QED) is 0.862. The number of pyridine rings is 2. The van der Waals surface area contributed by atoms with Gasteiger partial charge >= 0.3 is 0 Å². The third-order valence-corrected chi connectivity index (χ3v) is 3.70. The Bertz CT molecular complexity index is 643. The summed E-state index contributed by atoms with van der Waals surface area (Å²) in [5.41, 5.74) is 3.96. The summed E-state index contributed by atoms with van der Waals surface area (Å²) >= 11 is 0. The van der Waals surface area contributed by atoms with Gasteiger partial charge in [0.15, 0.2) is 0 Å². The van der Waals surface area contributed by atoms with Gasteiger partial charge in [-0.25, -0.2) is 0 Å². The van der Waals surface area contributed by atoms with Crippen LogP contribution in [0.2, 0.25) is 0 Å². The van der Waals surface area contributed by atoms with Gasteiger partial charge in [-0.15, -0.1) is 0 Å². The number of ether oxygens (including phenoxy) is 1. The molecule has 0 saturated carbocycles. The number of rotatable bonds is 3. The van der Waals surface area contributed by atoms with Gasteiger partial charge < -0.3 is 9.64 Å². The van der Waals surface area contributed by atoms with Crippen molar-refractivity contribution in [3.8, 4) is 0 Å². The van der Waals surface area contributed by atoms with Crippen LogP contribution in [-0.2, 0) is 24.3 Å². The summed E-state index contributed by atoms with van der Waals surface area (Å²) in [4.78, 5) is 22.6. The van der Waals surface area contributed by atoms with Gasteiger partial charge in [-0.3, -0.25) is 14.8 Å². The van der Waals surface area contributed by atoms with Crippen LogP contribution in [-0.4, -0.2) is 34.4 Å². The molecule has 3 rings (SSSR count). The molecule has 2 aromatic heterocycles. The van der Waals surface area contributed by atoms with Crippen molar-refractivity contribution in [1.82, 2.24) is 14.9 Å². The van der Waals surface area contributed by atoms with Crippen molar-refractivity contribution in [2.24, 2.45) is 0 Å². The number of hydrogen-bond donors (Lipinski definition) is 0. The van der Waals surface area contributed by atoms with E-state index in [-0.39, 0.29) is 5.91 Å². The molecule has 0 aromatic carbocycles. The summed E-state index contributed by atoms with van der Waals surface area (Å²) in [6.45, 7) is 1.84. The van der Waals surface area contributed by atoms with Crippen molar-refractivity contribution in [2.45, 2.75) is 19.6 Å². The van der Waals surface area contributed by atoms with E-state index in [9.17, 15) is 4.79 Å². The first-order chi connectivity index (χ1) is 10.3. The van der Waals surface area contributed by atoms with Gasteiger partial charge in [0.1, 0.15) is 5.69 Å². The molecule has 0 saturated heterocycles. The monoisotopic (exact) mass is 283 g/mol. The topological polar surface area (TPSA) is 55.3 Å². The zero-order chi connectivity index (χ0) is 14.7. The lowest BCUT2D eigenvalue weighted by molar-refractivity contribution is 0.0727. The van der Waals surface area contributed by atoms with Crippen LogP contribution in [0.25, 0.3) is 0 Å². The number of nitrogens with zero attached hydrogens (tertiary/aromatic N) is 3. The number of fused-ring (bicyclic) bond motifs is 1. The molecule has 5 nitrogen and oxygen atoms in total. The van der Waals surface area contributed by atoms with E-state index in [1.165, 1.54) is 5.56 Å². The molecular formula is C16H17N3O2. The van der Waals surface area contributed by atoms with Gasteiger partial charge in [0.05, 0.1) is 6.61 Å². The van der Waals surface area contributed by atoms with Gasteiger partial charge in [0.25, 0.3) is 5.91 Å². The SMILES string of the molecule is COCc1cncc2c1CCN(C(=O)c1ccccn1)C2.